The fourth-order valence-corrected chi connectivity index (χ4v) is 4.98. The monoisotopic (exact) mass is 480 g/mol. The molecular weight excluding hydrogens is 469 g/mol. The lowest BCUT2D eigenvalue weighted by Crippen LogP contribution is -1.97. The van der Waals surface area contributed by atoms with E-state index in [1.165, 1.54) is 35.3 Å². The molecule has 9 heteroatoms. The van der Waals surface area contributed by atoms with Gasteiger partial charge in [0.2, 0.25) is 0 Å². The summed E-state index contributed by atoms with van der Waals surface area (Å²) in [6, 6.07) is 28.0. The van der Waals surface area contributed by atoms with Gasteiger partial charge in [0.1, 0.15) is 0 Å². The van der Waals surface area contributed by atoms with Crippen molar-refractivity contribution in [2.24, 2.45) is 0 Å². The Balaban J connectivity index is 1.63. The summed E-state index contributed by atoms with van der Waals surface area (Å²) in [5, 5.41) is 28.6. The second-order valence-corrected chi connectivity index (χ2v) is 9.52. The first-order chi connectivity index (χ1) is 16.1. The van der Waals surface area contributed by atoms with E-state index in [0.717, 1.165) is 14.7 Å². The van der Waals surface area contributed by atoms with Crippen molar-refractivity contribution < 1.29 is 0 Å². The highest BCUT2D eigenvalue weighted by molar-refractivity contribution is 8.00. The van der Waals surface area contributed by atoms with Crippen LogP contribution in [-0.2, 0) is 0 Å². The van der Waals surface area contributed by atoms with E-state index in [0.29, 0.717) is 32.2 Å². The quantitative estimate of drug-likeness (QED) is 0.331. The van der Waals surface area contributed by atoms with Crippen molar-refractivity contribution in [2.75, 3.05) is 0 Å². The molecular formula is C24H12N6S3. The molecule has 0 atom stereocenters. The van der Waals surface area contributed by atoms with Crippen LogP contribution in [0.5, 0.6) is 0 Å². The summed E-state index contributed by atoms with van der Waals surface area (Å²) >= 11 is 4.15. The number of hydrogen-bond acceptors (Lipinski definition) is 9. The fraction of sp³-hybridized carbons (Fsp3) is 0. The first-order valence-electron chi connectivity index (χ1n) is 9.45. The number of rotatable bonds is 6. The number of nitriles is 3. The topological polar surface area (TPSA) is 110 Å². The summed E-state index contributed by atoms with van der Waals surface area (Å²) in [4.78, 5) is 16.5. The van der Waals surface area contributed by atoms with Crippen molar-refractivity contribution in [1.82, 2.24) is 15.0 Å². The zero-order valence-corrected chi connectivity index (χ0v) is 19.3. The molecule has 156 valence electrons. The van der Waals surface area contributed by atoms with Crippen LogP contribution in [0.3, 0.4) is 0 Å². The predicted octanol–water partition coefficient (Wildman–Crippen LogP) is 5.94. The largest absolute Gasteiger partial charge is 0.197 e. The molecule has 33 heavy (non-hydrogen) atoms. The first-order valence-corrected chi connectivity index (χ1v) is 11.9. The summed E-state index contributed by atoms with van der Waals surface area (Å²) in [6.07, 6.45) is 0. The standard InChI is InChI=1S/C24H12N6S3/c25-13-16-1-7-19(8-2-16)31-22-28-23(32-20-9-3-17(14-26)4-10-20)30-24(29-22)33-21-11-5-18(15-27)6-12-21/h1-12H. The van der Waals surface area contributed by atoms with Gasteiger partial charge in [-0.2, -0.15) is 30.7 Å². The first kappa shape index (κ1) is 22.4. The molecule has 0 saturated carbocycles. The molecule has 0 spiro atoms. The number of nitrogens with zero attached hydrogens (tertiary/aromatic N) is 6. The Morgan fingerprint density at radius 3 is 0.879 bits per heavy atom. The van der Waals surface area contributed by atoms with Gasteiger partial charge >= 0.3 is 0 Å². The number of hydrogen-bond donors (Lipinski definition) is 0. The van der Waals surface area contributed by atoms with E-state index in [1.807, 2.05) is 36.4 Å². The van der Waals surface area contributed by atoms with Crippen molar-refractivity contribution in [1.29, 1.82) is 15.8 Å². The van der Waals surface area contributed by atoms with Gasteiger partial charge in [0.05, 0.1) is 34.9 Å². The molecule has 0 N–H and O–H groups in total. The van der Waals surface area contributed by atoms with Gasteiger partial charge in [0, 0.05) is 14.7 Å². The van der Waals surface area contributed by atoms with Crippen molar-refractivity contribution in [3.63, 3.8) is 0 Å². The van der Waals surface area contributed by atoms with Gasteiger partial charge in [-0.15, -0.1) is 0 Å². The van der Waals surface area contributed by atoms with Crippen LogP contribution in [0.25, 0.3) is 0 Å². The molecule has 0 aliphatic carbocycles. The summed E-state index contributed by atoms with van der Waals surface area (Å²) in [5.41, 5.74) is 1.76. The Bertz CT molecular complexity index is 1210. The second-order valence-electron chi connectivity index (χ2n) is 6.40. The van der Waals surface area contributed by atoms with Crippen LogP contribution in [0.15, 0.2) is 103 Å². The van der Waals surface area contributed by atoms with Crippen LogP contribution in [0, 0.1) is 34.0 Å². The van der Waals surface area contributed by atoms with Crippen molar-refractivity contribution >= 4 is 35.3 Å². The molecule has 0 aliphatic heterocycles. The Morgan fingerprint density at radius 1 is 0.424 bits per heavy atom. The van der Waals surface area contributed by atoms with Crippen LogP contribution in [-0.4, -0.2) is 15.0 Å². The molecule has 0 aliphatic rings. The molecule has 0 bridgehead atoms. The van der Waals surface area contributed by atoms with Crippen LogP contribution in [0.2, 0.25) is 0 Å². The molecule has 6 nitrogen and oxygen atoms in total. The highest BCUT2D eigenvalue weighted by atomic mass is 32.2. The number of aromatic nitrogens is 3. The average Bonchev–Trinajstić information content (AvgIpc) is 2.85. The minimum absolute atomic E-state index is 0.530. The van der Waals surface area contributed by atoms with Gasteiger partial charge in [-0.3, -0.25) is 0 Å². The van der Waals surface area contributed by atoms with Gasteiger partial charge in [-0.1, -0.05) is 0 Å². The Morgan fingerprint density at radius 2 is 0.667 bits per heavy atom. The van der Waals surface area contributed by atoms with E-state index >= 15 is 0 Å². The van der Waals surface area contributed by atoms with Gasteiger partial charge in [0.25, 0.3) is 0 Å². The van der Waals surface area contributed by atoms with Gasteiger partial charge < -0.3 is 0 Å². The Hall–Kier alpha value is -3.81. The van der Waals surface area contributed by atoms with Crippen molar-refractivity contribution in [2.45, 2.75) is 30.2 Å². The minimum Gasteiger partial charge on any atom is -0.196 e. The third kappa shape index (κ3) is 6.12. The maximum absolute atomic E-state index is 9.01. The van der Waals surface area contributed by atoms with Gasteiger partial charge in [-0.05, 0) is 108 Å². The molecule has 0 amide bonds. The zero-order chi connectivity index (χ0) is 23.0. The summed E-state index contributed by atoms with van der Waals surface area (Å²) in [7, 11) is 0. The van der Waals surface area contributed by atoms with E-state index in [4.69, 9.17) is 15.8 Å². The fourth-order valence-electron chi connectivity index (χ4n) is 2.57. The summed E-state index contributed by atoms with van der Waals surface area (Å²) < 4.78 is 0. The molecule has 4 aromatic rings. The second kappa shape index (κ2) is 10.7. The maximum Gasteiger partial charge on any atom is 0.197 e. The summed E-state index contributed by atoms with van der Waals surface area (Å²) in [6.45, 7) is 0. The molecule has 0 radical (unpaired) electrons. The Labute approximate surface area is 203 Å². The van der Waals surface area contributed by atoms with Crippen LogP contribution in [0.1, 0.15) is 16.7 Å². The van der Waals surface area contributed by atoms with Crippen molar-refractivity contribution in [3.05, 3.63) is 89.5 Å². The van der Waals surface area contributed by atoms with E-state index in [2.05, 4.69) is 33.2 Å². The third-order valence-corrected chi connectivity index (χ3v) is 6.77. The lowest BCUT2D eigenvalue weighted by molar-refractivity contribution is 0.717. The lowest BCUT2D eigenvalue weighted by atomic mass is 10.2. The molecule has 0 fully saturated rings. The lowest BCUT2D eigenvalue weighted by Gasteiger charge is -2.07. The smallest absolute Gasteiger partial charge is 0.196 e. The predicted molar refractivity (Wildman–Crippen MR) is 126 cm³/mol. The maximum atomic E-state index is 9.01. The SMILES string of the molecule is N#Cc1ccc(Sc2nc(Sc3ccc(C#N)cc3)nc(Sc3ccc(C#N)cc3)n2)cc1. The molecule has 0 saturated heterocycles. The molecule has 1 aromatic heterocycles. The molecule has 3 aromatic carbocycles. The normalized spacial score (nSPS) is 10.1. The van der Waals surface area contributed by atoms with Crippen LogP contribution >= 0.6 is 35.3 Å². The molecule has 4 rings (SSSR count). The van der Waals surface area contributed by atoms with Crippen molar-refractivity contribution in [3.8, 4) is 18.2 Å². The summed E-state index contributed by atoms with van der Waals surface area (Å²) in [5.74, 6) is 0. The van der Waals surface area contributed by atoms with E-state index in [1.54, 1.807) is 36.4 Å². The van der Waals surface area contributed by atoms with E-state index in [9.17, 15) is 0 Å². The average molecular weight is 481 g/mol. The van der Waals surface area contributed by atoms with E-state index < -0.39 is 0 Å². The van der Waals surface area contributed by atoms with Crippen LogP contribution < -0.4 is 0 Å². The van der Waals surface area contributed by atoms with Crippen LogP contribution in [0.4, 0.5) is 0 Å². The molecule has 1 heterocycles. The molecule has 0 unspecified atom stereocenters. The highest BCUT2D eigenvalue weighted by Crippen LogP contribution is 2.33. The zero-order valence-electron chi connectivity index (χ0n) is 16.8. The highest BCUT2D eigenvalue weighted by Gasteiger charge is 2.12. The Kier molecular flexibility index (Phi) is 7.24. The minimum atomic E-state index is 0.530. The number of benzene rings is 3. The van der Waals surface area contributed by atoms with Gasteiger partial charge in [0.15, 0.2) is 15.5 Å². The van der Waals surface area contributed by atoms with Gasteiger partial charge in [-0.25, -0.2) is 0 Å². The third-order valence-electron chi connectivity index (χ3n) is 4.15. The van der Waals surface area contributed by atoms with E-state index in [-0.39, 0.29) is 0 Å².